The van der Waals surface area contributed by atoms with Crippen LogP contribution in [0.3, 0.4) is 0 Å². The van der Waals surface area contributed by atoms with E-state index in [1.54, 1.807) is 0 Å². The maximum Gasteiger partial charge on any atom is 0.164 e. The van der Waals surface area contributed by atoms with Gasteiger partial charge < -0.3 is 0 Å². The van der Waals surface area contributed by atoms with Crippen molar-refractivity contribution in [1.29, 1.82) is 0 Å². The van der Waals surface area contributed by atoms with Crippen LogP contribution in [0.5, 0.6) is 0 Å². The van der Waals surface area contributed by atoms with Gasteiger partial charge in [0.05, 0.1) is 22.8 Å². The SMILES string of the molecule is c1ccc(-c2cc(-c3ccc(-c4ccc(-c5ccc(-c6cc(-c7ccccc7)nc(-c7ccc(-c8cccc9cccc(-c%10nc(-c%11ccccc%11)nc(-c%11ccccc%11)n%10)c89)cc7)n6)cc5)c5cccc(-c6nc(-c7ccccc7)nc(-c7ccccc7)n6)c45)cc3)nc(-c3ccccc3)n2)cc1. The summed E-state index contributed by atoms with van der Waals surface area (Å²) in [7, 11) is 0. The Balaban J connectivity index is 0.729. The van der Waals surface area contributed by atoms with Crippen LogP contribution in [-0.2, 0) is 0 Å². The van der Waals surface area contributed by atoms with Crippen LogP contribution in [0.25, 0.3) is 191 Å². The molecule has 0 saturated carbocycles. The fourth-order valence-electron chi connectivity index (χ4n) is 13.7. The highest BCUT2D eigenvalue weighted by Crippen LogP contribution is 2.44. The molecule has 4 aromatic heterocycles. The van der Waals surface area contributed by atoms with E-state index in [0.717, 1.165) is 144 Å². The van der Waals surface area contributed by atoms with E-state index in [-0.39, 0.29) is 0 Å². The van der Waals surface area contributed by atoms with Crippen LogP contribution in [0.2, 0.25) is 0 Å². The van der Waals surface area contributed by atoms with Crippen molar-refractivity contribution in [3.8, 4) is 170 Å². The Kier molecular flexibility index (Phi) is 16.4. The van der Waals surface area contributed by atoms with Crippen LogP contribution in [0.4, 0.5) is 0 Å². The monoisotopic (exact) mass is 1330 g/mol. The minimum atomic E-state index is 0.564. The maximum atomic E-state index is 5.37. The summed E-state index contributed by atoms with van der Waals surface area (Å²) in [6.07, 6.45) is 0. The topological polar surface area (TPSA) is 129 Å². The van der Waals surface area contributed by atoms with Gasteiger partial charge in [-0.25, -0.2) is 49.8 Å². The molecule has 104 heavy (non-hydrogen) atoms. The molecule has 0 aliphatic rings. The Morgan fingerprint density at radius 1 is 0.135 bits per heavy atom. The first kappa shape index (κ1) is 62.1. The van der Waals surface area contributed by atoms with Gasteiger partial charge in [0.2, 0.25) is 0 Å². The lowest BCUT2D eigenvalue weighted by molar-refractivity contribution is 1.08. The number of fused-ring (bicyclic) bond motifs is 2. The van der Waals surface area contributed by atoms with Gasteiger partial charge in [0, 0.05) is 77.5 Å². The van der Waals surface area contributed by atoms with E-state index in [9.17, 15) is 0 Å². The second-order valence-electron chi connectivity index (χ2n) is 25.4. The third-order valence-corrected chi connectivity index (χ3v) is 18.9. The fourth-order valence-corrected chi connectivity index (χ4v) is 13.7. The Hall–Kier alpha value is -14.2. The zero-order valence-electron chi connectivity index (χ0n) is 56.1. The molecule has 4 heterocycles. The molecular formula is C94H60N10. The minimum Gasteiger partial charge on any atom is -0.228 e. The molecule has 486 valence electrons. The van der Waals surface area contributed by atoms with E-state index in [1.807, 2.05) is 176 Å². The molecule has 0 N–H and O–H groups in total. The molecule has 0 bridgehead atoms. The lowest BCUT2D eigenvalue weighted by atomic mass is 9.88. The zero-order chi connectivity index (χ0) is 69.1. The van der Waals surface area contributed by atoms with E-state index < -0.39 is 0 Å². The van der Waals surface area contributed by atoms with Crippen LogP contribution < -0.4 is 0 Å². The van der Waals surface area contributed by atoms with Crippen LogP contribution in [0.1, 0.15) is 0 Å². The van der Waals surface area contributed by atoms with Gasteiger partial charge in [0.15, 0.2) is 46.6 Å². The normalized spacial score (nSPS) is 11.3. The molecule has 0 aliphatic heterocycles. The molecule has 18 rings (SSSR count). The molecule has 0 atom stereocenters. The smallest absolute Gasteiger partial charge is 0.164 e. The highest BCUT2D eigenvalue weighted by molar-refractivity contribution is 6.12. The molecule has 18 aromatic rings. The van der Waals surface area contributed by atoms with Gasteiger partial charge in [-0.3, -0.25) is 0 Å². The van der Waals surface area contributed by atoms with Crippen molar-refractivity contribution in [3.05, 3.63) is 364 Å². The molecule has 0 amide bonds. The Morgan fingerprint density at radius 2 is 0.375 bits per heavy atom. The highest BCUT2D eigenvalue weighted by Gasteiger charge is 2.22. The average Bonchev–Trinajstić information content (AvgIpc) is 0.762. The van der Waals surface area contributed by atoms with Crippen molar-refractivity contribution in [2.75, 3.05) is 0 Å². The maximum absolute atomic E-state index is 5.37. The van der Waals surface area contributed by atoms with E-state index in [2.05, 4.69) is 188 Å². The first-order valence-corrected chi connectivity index (χ1v) is 34.6. The number of benzene rings is 14. The van der Waals surface area contributed by atoms with Gasteiger partial charge in [-0.1, -0.05) is 352 Å². The quantitative estimate of drug-likeness (QED) is 0.0978. The largest absolute Gasteiger partial charge is 0.228 e. The Labute approximate surface area is 601 Å². The van der Waals surface area contributed by atoms with Gasteiger partial charge >= 0.3 is 0 Å². The molecule has 0 fully saturated rings. The van der Waals surface area contributed by atoms with Crippen LogP contribution in [-0.4, -0.2) is 49.8 Å². The molecular weight excluding hydrogens is 1270 g/mol. The van der Waals surface area contributed by atoms with Gasteiger partial charge in [0.1, 0.15) is 0 Å². The van der Waals surface area contributed by atoms with Crippen molar-refractivity contribution in [1.82, 2.24) is 49.8 Å². The highest BCUT2D eigenvalue weighted by atomic mass is 15.0. The second kappa shape index (κ2) is 27.5. The van der Waals surface area contributed by atoms with Crippen molar-refractivity contribution in [3.63, 3.8) is 0 Å². The summed E-state index contributed by atoms with van der Waals surface area (Å²) in [5, 5.41) is 4.16. The summed E-state index contributed by atoms with van der Waals surface area (Å²) in [5.41, 5.74) is 20.7. The van der Waals surface area contributed by atoms with Gasteiger partial charge in [0.25, 0.3) is 0 Å². The van der Waals surface area contributed by atoms with Crippen LogP contribution >= 0.6 is 0 Å². The van der Waals surface area contributed by atoms with Gasteiger partial charge in [-0.15, -0.1) is 0 Å². The third-order valence-electron chi connectivity index (χ3n) is 18.9. The standard InChI is InChI=1S/C94H60N10/c1-8-25-64(26-9-1)81-59-83(97-87(95-81)69-29-12-3-13-30-69)67-53-47-63(48-54-67)77-58-57-75(78-42-24-44-80(86(77)78)94-103-91(72-35-18-6-19-36-72)100-92(104-94)73-37-20-7-21-38-73)61-45-51-66(52-46-61)84-60-82(65-27-10-2-11-28-65)96-88(98-84)74-55-49-62(50-56-74)76-41-22-39-68-40-23-43-79(85(68)76)93-101-89(70-31-14-4-15-32-70)99-90(102-93)71-33-16-5-17-34-71/h1-60H. The molecule has 10 nitrogen and oxygen atoms in total. The van der Waals surface area contributed by atoms with E-state index >= 15 is 0 Å². The lowest BCUT2D eigenvalue weighted by Crippen LogP contribution is -2.01. The first-order chi connectivity index (χ1) is 51.5. The summed E-state index contributed by atoms with van der Waals surface area (Å²) >= 11 is 0. The first-order valence-electron chi connectivity index (χ1n) is 34.6. The number of nitrogens with zero attached hydrogens (tertiary/aromatic N) is 10. The number of aromatic nitrogens is 10. The van der Waals surface area contributed by atoms with E-state index in [1.165, 1.54) is 0 Å². The molecule has 0 saturated heterocycles. The number of hydrogen-bond donors (Lipinski definition) is 0. The minimum absolute atomic E-state index is 0.564. The molecule has 0 unspecified atom stereocenters. The molecule has 14 aromatic carbocycles. The summed E-state index contributed by atoms with van der Waals surface area (Å²) < 4.78 is 0. The van der Waals surface area contributed by atoms with Crippen LogP contribution in [0, 0.1) is 0 Å². The van der Waals surface area contributed by atoms with Gasteiger partial charge in [-0.2, -0.15) is 0 Å². The summed E-state index contributed by atoms with van der Waals surface area (Å²) in [4.78, 5) is 52.0. The Bertz CT molecular complexity index is 5970. The number of rotatable bonds is 15. The third kappa shape index (κ3) is 12.4. The van der Waals surface area contributed by atoms with Crippen molar-refractivity contribution in [2.24, 2.45) is 0 Å². The molecule has 0 aliphatic carbocycles. The average molecular weight is 1330 g/mol. The zero-order valence-corrected chi connectivity index (χ0v) is 56.1. The van der Waals surface area contributed by atoms with Crippen molar-refractivity contribution in [2.45, 2.75) is 0 Å². The van der Waals surface area contributed by atoms with Gasteiger partial charge in [-0.05, 0) is 56.3 Å². The fraction of sp³-hybridized carbons (Fsp3) is 0. The van der Waals surface area contributed by atoms with Crippen LogP contribution in [0.15, 0.2) is 364 Å². The number of hydrogen-bond acceptors (Lipinski definition) is 10. The summed E-state index contributed by atoms with van der Waals surface area (Å²) in [5.74, 6) is 4.83. The Morgan fingerprint density at radius 3 is 0.740 bits per heavy atom. The summed E-state index contributed by atoms with van der Waals surface area (Å²) in [6, 6.07) is 125. The van der Waals surface area contributed by atoms with E-state index in [0.29, 0.717) is 46.6 Å². The summed E-state index contributed by atoms with van der Waals surface area (Å²) in [6.45, 7) is 0. The predicted octanol–water partition coefficient (Wildman–Crippen LogP) is 22.9. The van der Waals surface area contributed by atoms with Crippen molar-refractivity contribution >= 4 is 21.5 Å². The van der Waals surface area contributed by atoms with E-state index in [4.69, 9.17) is 49.8 Å². The predicted molar refractivity (Wildman–Crippen MR) is 421 cm³/mol. The molecule has 10 heteroatoms. The second-order valence-corrected chi connectivity index (χ2v) is 25.4. The molecule has 0 radical (unpaired) electrons. The van der Waals surface area contributed by atoms with Crippen molar-refractivity contribution < 1.29 is 0 Å². The lowest BCUT2D eigenvalue weighted by Gasteiger charge is -2.17. The molecule has 0 spiro atoms.